The molecule has 0 saturated heterocycles. The van der Waals surface area contributed by atoms with Crippen molar-refractivity contribution in [2.24, 2.45) is 0 Å². The van der Waals surface area contributed by atoms with E-state index >= 15 is 0 Å². The smallest absolute Gasteiger partial charge is 0.321 e. The van der Waals surface area contributed by atoms with Crippen LogP contribution in [0.3, 0.4) is 0 Å². The number of anilines is 1. The molecule has 0 aliphatic rings. The molecular formula is C17H22N4O2. The van der Waals surface area contributed by atoms with Gasteiger partial charge in [0.15, 0.2) is 0 Å². The molecule has 1 heterocycles. The number of aryl methyl sites for hydroxylation is 1. The van der Waals surface area contributed by atoms with Crippen LogP contribution in [0, 0.1) is 6.92 Å². The van der Waals surface area contributed by atoms with Gasteiger partial charge in [0.25, 0.3) is 0 Å². The van der Waals surface area contributed by atoms with Crippen molar-refractivity contribution in [3.8, 4) is 0 Å². The standard InChI is InChI=1S/C17H22N4O2/c1-11-7-8-14(13-6-5-9-19-16(11)13)20-17(23)21(4)12(2)10-15(22)18-3/h5-9,12H,10H2,1-4H3,(H,18,22)(H,20,23)/t12-/m0/s1. The summed E-state index contributed by atoms with van der Waals surface area (Å²) in [7, 11) is 3.26. The molecule has 0 bridgehead atoms. The Morgan fingerprint density at radius 1 is 1.30 bits per heavy atom. The molecule has 2 aromatic rings. The summed E-state index contributed by atoms with van der Waals surface area (Å²) in [5, 5.41) is 6.36. The number of aromatic nitrogens is 1. The first-order valence-electron chi connectivity index (χ1n) is 7.52. The Bertz CT molecular complexity index is 730. The number of fused-ring (bicyclic) bond motifs is 1. The maximum Gasteiger partial charge on any atom is 0.321 e. The van der Waals surface area contributed by atoms with Crippen molar-refractivity contribution in [1.82, 2.24) is 15.2 Å². The van der Waals surface area contributed by atoms with Crippen molar-refractivity contribution in [3.05, 3.63) is 36.0 Å². The van der Waals surface area contributed by atoms with Crippen molar-refractivity contribution >= 4 is 28.5 Å². The minimum Gasteiger partial charge on any atom is -0.359 e. The van der Waals surface area contributed by atoms with Gasteiger partial charge in [-0.25, -0.2) is 4.79 Å². The Hall–Kier alpha value is -2.63. The average Bonchev–Trinajstić information content (AvgIpc) is 2.56. The van der Waals surface area contributed by atoms with Gasteiger partial charge in [0.2, 0.25) is 5.91 Å². The molecule has 0 spiro atoms. The molecule has 0 radical (unpaired) electrons. The van der Waals surface area contributed by atoms with Crippen LogP contribution in [0.2, 0.25) is 0 Å². The average molecular weight is 314 g/mol. The third-order valence-corrected chi connectivity index (χ3v) is 3.95. The van der Waals surface area contributed by atoms with Crippen LogP contribution in [-0.4, -0.2) is 42.0 Å². The molecule has 1 atom stereocenters. The van der Waals surface area contributed by atoms with Gasteiger partial charge in [-0.15, -0.1) is 0 Å². The second-order valence-electron chi connectivity index (χ2n) is 5.60. The molecule has 0 saturated carbocycles. The molecular weight excluding hydrogens is 292 g/mol. The summed E-state index contributed by atoms with van der Waals surface area (Å²) in [6, 6.07) is 7.11. The predicted molar refractivity (Wildman–Crippen MR) is 91.4 cm³/mol. The summed E-state index contributed by atoms with van der Waals surface area (Å²) in [4.78, 5) is 29.7. The fourth-order valence-corrected chi connectivity index (χ4v) is 2.33. The lowest BCUT2D eigenvalue weighted by Gasteiger charge is -2.25. The third-order valence-electron chi connectivity index (χ3n) is 3.95. The molecule has 2 rings (SSSR count). The summed E-state index contributed by atoms with van der Waals surface area (Å²) in [5.41, 5.74) is 2.63. The summed E-state index contributed by atoms with van der Waals surface area (Å²) < 4.78 is 0. The minimum absolute atomic E-state index is 0.0952. The molecule has 2 N–H and O–H groups in total. The quantitative estimate of drug-likeness (QED) is 0.910. The molecule has 0 unspecified atom stereocenters. The van der Waals surface area contributed by atoms with Crippen LogP contribution in [0.4, 0.5) is 10.5 Å². The maximum atomic E-state index is 12.4. The Morgan fingerprint density at radius 3 is 2.74 bits per heavy atom. The van der Waals surface area contributed by atoms with Crippen LogP contribution in [-0.2, 0) is 4.79 Å². The van der Waals surface area contributed by atoms with E-state index in [4.69, 9.17) is 0 Å². The Kier molecular flexibility index (Phi) is 5.16. The van der Waals surface area contributed by atoms with E-state index in [9.17, 15) is 9.59 Å². The molecule has 0 aliphatic heterocycles. The second-order valence-corrected chi connectivity index (χ2v) is 5.60. The number of carbonyl (C=O) groups excluding carboxylic acids is 2. The van der Waals surface area contributed by atoms with Crippen LogP contribution < -0.4 is 10.6 Å². The van der Waals surface area contributed by atoms with Gasteiger partial charge in [-0.05, 0) is 37.6 Å². The molecule has 0 aliphatic carbocycles. The van der Waals surface area contributed by atoms with E-state index in [1.807, 2.05) is 38.1 Å². The highest BCUT2D eigenvalue weighted by Crippen LogP contribution is 2.24. The van der Waals surface area contributed by atoms with Gasteiger partial charge in [0, 0.05) is 38.1 Å². The molecule has 6 nitrogen and oxygen atoms in total. The summed E-state index contributed by atoms with van der Waals surface area (Å²) in [6.45, 7) is 3.82. The molecule has 1 aromatic carbocycles. The molecule has 23 heavy (non-hydrogen) atoms. The zero-order chi connectivity index (χ0) is 17.0. The summed E-state index contributed by atoms with van der Waals surface area (Å²) >= 11 is 0. The van der Waals surface area contributed by atoms with Crippen molar-refractivity contribution < 1.29 is 9.59 Å². The first-order valence-corrected chi connectivity index (χ1v) is 7.52. The van der Waals surface area contributed by atoms with Crippen LogP contribution in [0.1, 0.15) is 18.9 Å². The number of urea groups is 1. The van der Waals surface area contributed by atoms with Crippen LogP contribution in [0.25, 0.3) is 10.9 Å². The fourth-order valence-electron chi connectivity index (χ4n) is 2.33. The summed E-state index contributed by atoms with van der Waals surface area (Å²) in [6.07, 6.45) is 2.00. The lowest BCUT2D eigenvalue weighted by atomic mass is 10.1. The van der Waals surface area contributed by atoms with E-state index in [0.717, 1.165) is 16.5 Å². The number of pyridine rings is 1. The van der Waals surface area contributed by atoms with E-state index in [2.05, 4.69) is 15.6 Å². The van der Waals surface area contributed by atoms with Crippen LogP contribution >= 0.6 is 0 Å². The van der Waals surface area contributed by atoms with Gasteiger partial charge in [0.05, 0.1) is 11.2 Å². The predicted octanol–water partition coefficient (Wildman–Crippen LogP) is 2.53. The van der Waals surface area contributed by atoms with Gasteiger partial charge >= 0.3 is 6.03 Å². The van der Waals surface area contributed by atoms with Crippen molar-refractivity contribution in [2.45, 2.75) is 26.3 Å². The Morgan fingerprint density at radius 2 is 2.04 bits per heavy atom. The van der Waals surface area contributed by atoms with E-state index in [1.54, 1.807) is 20.3 Å². The number of amides is 3. The molecule has 3 amide bonds. The number of carbonyl (C=O) groups is 2. The number of hydrogen-bond acceptors (Lipinski definition) is 3. The fraction of sp³-hybridized carbons (Fsp3) is 0.353. The second kappa shape index (κ2) is 7.09. The zero-order valence-corrected chi connectivity index (χ0v) is 13.9. The van der Waals surface area contributed by atoms with Crippen molar-refractivity contribution in [1.29, 1.82) is 0 Å². The van der Waals surface area contributed by atoms with Crippen LogP contribution in [0.15, 0.2) is 30.5 Å². The highest BCUT2D eigenvalue weighted by molar-refractivity contribution is 6.01. The van der Waals surface area contributed by atoms with E-state index in [0.29, 0.717) is 5.69 Å². The summed E-state index contributed by atoms with van der Waals surface area (Å²) in [5.74, 6) is -0.0952. The van der Waals surface area contributed by atoms with E-state index < -0.39 is 0 Å². The van der Waals surface area contributed by atoms with E-state index in [-0.39, 0.29) is 24.4 Å². The number of nitrogens with zero attached hydrogens (tertiary/aromatic N) is 2. The Labute approximate surface area is 135 Å². The van der Waals surface area contributed by atoms with Crippen molar-refractivity contribution in [3.63, 3.8) is 0 Å². The first-order chi connectivity index (χ1) is 10.9. The van der Waals surface area contributed by atoms with Gasteiger partial charge in [-0.2, -0.15) is 0 Å². The van der Waals surface area contributed by atoms with Crippen LogP contribution in [0.5, 0.6) is 0 Å². The molecule has 6 heteroatoms. The van der Waals surface area contributed by atoms with Gasteiger partial charge in [-0.3, -0.25) is 9.78 Å². The number of hydrogen-bond donors (Lipinski definition) is 2. The normalized spacial score (nSPS) is 11.8. The maximum absolute atomic E-state index is 12.4. The topological polar surface area (TPSA) is 74.3 Å². The largest absolute Gasteiger partial charge is 0.359 e. The lowest BCUT2D eigenvalue weighted by molar-refractivity contribution is -0.121. The Balaban J connectivity index is 2.17. The molecule has 122 valence electrons. The zero-order valence-electron chi connectivity index (χ0n) is 13.9. The monoisotopic (exact) mass is 314 g/mol. The van der Waals surface area contributed by atoms with Gasteiger partial charge in [-0.1, -0.05) is 6.07 Å². The first kappa shape index (κ1) is 16.7. The number of benzene rings is 1. The van der Waals surface area contributed by atoms with E-state index in [1.165, 1.54) is 4.90 Å². The SMILES string of the molecule is CNC(=O)C[C@H](C)N(C)C(=O)Nc1ccc(C)c2ncccc12. The van der Waals surface area contributed by atoms with Gasteiger partial charge < -0.3 is 15.5 Å². The van der Waals surface area contributed by atoms with Crippen molar-refractivity contribution in [2.75, 3.05) is 19.4 Å². The van der Waals surface area contributed by atoms with Gasteiger partial charge in [0.1, 0.15) is 0 Å². The molecule has 0 fully saturated rings. The number of rotatable bonds is 4. The number of nitrogens with one attached hydrogen (secondary N) is 2. The minimum atomic E-state index is -0.254. The lowest BCUT2D eigenvalue weighted by Crippen LogP contribution is -2.40. The molecule has 1 aromatic heterocycles. The highest BCUT2D eigenvalue weighted by Gasteiger charge is 2.19. The highest BCUT2D eigenvalue weighted by atomic mass is 16.2. The third kappa shape index (κ3) is 3.77.